The van der Waals surface area contributed by atoms with Crippen molar-refractivity contribution >= 4 is 0 Å². The molecule has 4 heteroatoms. The Kier molecular flexibility index (Phi) is 3.64. The van der Waals surface area contributed by atoms with Crippen LogP contribution in [0, 0.1) is 0 Å². The highest BCUT2D eigenvalue weighted by molar-refractivity contribution is 4.38. The fraction of sp³-hybridized carbons (Fsp3) is 1.00. The van der Waals surface area contributed by atoms with Gasteiger partial charge in [0.25, 0.3) is 0 Å². The van der Waals surface area contributed by atoms with E-state index in [-0.39, 0.29) is 6.61 Å². The first kappa shape index (κ1) is 7.78. The van der Waals surface area contributed by atoms with Gasteiger partial charge in [-0.3, -0.25) is 0 Å². The van der Waals surface area contributed by atoms with Crippen molar-refractivity contribution in [3.05, 3.63) is 0 Å². The Morgan fingerprint density at radius 2 is 2.12 bits per heavy atom. The predicted molar refractivity (Wildman–Crippen MR) is 23.6 cm³/mol. The third-order valence-corrected chi connectivity index (χ3v) is 0.463. The molecule has 50 valence electrons. The molecule has 0 amide bonds. The van der Waals surface area contributed by atoms with Crippen LogP contribution < -0.4 is 0 Å². The summed E-state index contributed by atoms with van der Waals surface area (Å²) in [5, 5.41) is 8.34. The van der Waals surface area contributed by atoms with Gasteiger partial charge in [-0.1, -0.05) is 0 Å². The van der Waals surface area contributed by atoms with Gasteiger partial charge in [0.1, 0.15) is 0 Å². The van der Waals surface area contributed by atoms with Crippen molar-refractivity contribution in [2.75, 3.05) is 6.61 Å². The molecule has 8 heavy (non-hydrogen) atoms. The Bertz CT molecular complexity index is 48.0. The number of aliphatic hydroxyl groups excluding tert-OH is 1. The molecular formula is C4H8F2O2. The lowest BCUT2D eigenvalue weighted by Gasteiger charge is -2.02. The number of alkyl halides is 2. The maximum atomic E-state index is 11.1. The zero-order chi connectivity index (χ0) is 6.57. The van der Waals surface area contributed by atoms with E-state index < -0.39 is 12.7 Å². The standard InChI is InChI=1S/C4H8F2O2/c1-3(7)2-8-4(5)6/h3-4,7H,2H2,1H3/t3-/m1/s1. The van der Waals surface area contributed by atoms with Gasteiger partial charge in [-0.15, -0.1) is 0 Å². The van der Waals surface area contributed by atoms with Gasteiger partial charge in [0, 0.05) is 0 Å². The lowest BCUT2D eigenvalue weighted by Crippen LogP contribution is -2.12. The number of halogens is 2. The smallest absolute Gasteiger partial charge is 0.345 e. The Hall–Kier alpha value is -0.220. The van der Waals surface area contributed by atoms with E-state index in [0.29, 0.717) is 0 Å². The number of hydrogen-bond acceptors (Lipinski definition) is 2. The second-order valence-corrected chi connectivity index (χ2v) is 1.44. The lowest BCUT2D eigenvalue weighted by atomic mass is 10.5. The molecular weight excluding hydrogens is 118 g/mol. The summed E-state index contributed by atoms with van der Waals surface area (Å²) in [5.74, 6) is 0. The molecule has 0 fully saturated rings. The first-order chi connectivity index (χ1) is 3.63. The van der Waals surface area contributed by atoms with Crippen LogP contribution >= 0.6 is 0 Å². The van der Waals surface area contributed by atoms with Crippen molar-refractivity contribution in [1.82, 2.24) is 0 Å². The van der Waals surface area contributed by atoms with Crippen molar-refractivity contribution in [3.63, 3.8) is 0 Å². The molecule has 0 aliphatic heterocycles. The van der Waals surface area contributed by atoms with E-state index >= 15 is 0 Å². The number of ether oxygens (including phenoxy) is 1. The highest BCUT2D eigenvalue weighted by atomic mass is 19.3. The summed E-state index contributed by atoms with van der Waals surface area (Å²) < 4.78 is 25.8. The Morgan fingerprint density at radius 1 is 1.62 bits per heavy atom. The van der Waals surface area contributed by atoms with E-state index in [1.165, 1.54) is 6.92 Å². The molecule has 1 N–H and O–H groups in total. The van der Waals surface area contributed by atoms with Crippen LogP contribution in [0.2, 0.25) is 0 Å². The van der Waals surface area contributed by atoms with Crippen molar-refractivity contribution in [2.24, 2.45) is 0 Å². The van der Waals surface area contributed by atoms with Crippen LogP contribution in [0.15, 0.2) is 0 Å². The van der Waals surface area contributed by atoms with Gasteiger partial charge < -0.3 is 9.84 Å². The predicted octanol–water partition coefficient (Wildman–Crippen LogP) is 0.606. The maximum absolute atomic E-state index is 11.1. The first-order valence-corrected chi connectivity index (χ1v) is 2.20. The molecule has 1 atom stereocenters. The molecule has 0 unspecified atom stereocenters. The third kappa shape index (κ3) is 5.78. The molecule has 0 saturated heterocycles. The SMILES string of the molecule is C[C@@H](O)COC(F)F. The van der Waals surface area contributed by atoms with Gasteiger partial charge in [-0.25, -0.2) is 0 Å². The van der Waals surface area contributed by atoms with Crippen molar-refractivity contribution < 1.29 is 18.6 Å². The molecule has 0 aromatic carbocycles. The molecule has 0 aromatic heterocycles. The molecule has 0 saturated carbocycles. The van der Waals surface area contributed by atoms with E-state index in [4.69, 9.17) is 5.11 Å². The number of rotatable bonds is 3. The van der Waals surface area contributed by atoms with Crippen LogP contribution in [-0.4, -0.2) is 24.4 Å². The molecule has 2 nitrogen and oxygen atoms in total. The van der Waals surface area contributed by atoms with E-state index in [0.717, 1.165) is 0 Å². The molecule has 0 radical (unpaired) electrons. The van der Waals surface area contributed by atoms with Gasteiger partial charge in [0.05, 0.1) is 12.7 Å². The van der Waals surface area contributed by atoms with Gasteiger partial charge in [0.2, 0.25) is 0 Å². The normalized spacial score (nSPS) is 14.6. The van der Waals surface area contributed by atoms with Gasteiger partial charge >= 0.3 is 6.61 Å². The highest BCUT2D eigenvalue weighted by Gasteiger charge is 2.02. The summed E-state index contributed by atoms with van der Waals surface area (Å²) in [6.45, 7) is -1.70. The minimum absolute atomic E-state index is 0.308. The largest absolute Gasteiger partial charge is 0.391 e. The van der Waals surface area contributed by atoms with E-state index in [1.54, 1.807) is 0 Å². The molecule has 0 spiro atoms. The van der Waals surface area contributed by atoms with Gasteiger partial charge in [0.15, 0.2) is 0 Å². The molecule has 0 rings (SSSR count). The lowest BCUT2D eigenvalue weighted by molar-refractivity contribution is -0.145. The highest BCUT2D eigenvalue weighted by Crippen LogP contribution is 1.94. The quantitative estimate of drug-likeness (QED) is 0.600. The monoisotopic (exact) mass is 126 g/mol. The van der Waals surface area contributed by atoms with Gasteiger partial charge in [-0.05, 0) is 6.92 Å². The Balaban J connectivity index is 2.93. The van der Waals surface area contributed by atoms with E-state index in [2.05, 4.69) is 4.74 Å². The summed E-state index contributed by atoms with van der Waals surface area (Å²) in [7, 11) is 0. The van der Waals surface area contributed by atoms with Crippen LogP contribution in [-0.2, 0) is 4.74 Å². The van der Waals surface area contributed by atoms with Crippen molar-refractivity contribution in [1.29, 1.82) is 0 Å². The van der Waals surface area contributed by atoms with Crippen molar-refractivity contribution in [3.8, 4) is 0 Å². The third-order valence-electron chi connectivity index (χ3n) is 0.463. The summed E-state index contributed by atoms with van der Waals surface area (Å²) in [4.78, 5) is 0. The van der Waals surface area contributed by atoms with Crippen LogP contribution in [0.3, 0.4) is 0 Å². The average molecular weight is 126 g/mol. The summed E-state index contributed by atoms with van der Waals surface area (Å²) >= 11 is 0. The molecule has 0 bridgehead atoms. The Labute approximate surface area is 46.1 Å². The summed E-state index contributed by atoms with van der Waals surface area (Å²) in [6, 6.07) is 0. The fourth-order valence-electron chi connectivity index (χ4n) is 0.212. The summed E-state index contributed by atoms with van der Waals surface area (Å²) in [5.41, 5.74) is 0. The second-order valence-electron chi connectivity index (χ2n) is 1.44. The van der Waals surface area contributed by atoms with Crippen molar-refractivity contribution in [2.45, 2.75) is 19.6 Å². The molecule has 0 aromatic rings. The van der Waals surface area contributed by atoms with Crippen LogP contribution in [0.25, 0.3) is 0 Å². The first-order valence-electron chi connectivity index (χ1n) is 2.20. The molecule has 0 aliphatic rings. The Morgan fingerprint density at radius 3 is 2.25 bits per heavy atom. The fourth-order valence-corrected chi connectivity index (χ4v) is 0.212. The number of hydrogen-bond donors (Lipinski definition) is 1. The zero-order valence-corrected chi connectivity index (χ0v) is 4.47. The number of aliphatic hydroxyl groups is 1. The van der Waals surface area contributed by atoms with Gasteiger partial charge in [-0.2, -0.15) is 8.78 Å². The topological polar surface area (TPSA) is 29.5 Å². The summed E-state index contributed by atoms with van der Waals surface area (Å²) in [6.07, 6.45) is -0.816. The van der Waals surface area contributed by atoms with Crippen LogP contribution in [0.5, 0.6) is 0 Å². The van der Waals surface area contributed by atoms with E-state index in [1.807, 2.05) is 0 Å². The van der Waals surface area contributed by atoms with Crippen LogP contribution in [0.1, 0.15) is 6.92 Å². The minimum Gasteiger partial charge on any atom is -0.391 e. The maximum Gasteiger partial charge on any atom is 0.345 e. The molecule has 0 aliphatic carbocycles. The van der Waals surface area contributed by atoms with Crippen LogP contribution in [0.4, 0.5) is 8.78 Å². The second kappa shape index (κ2) is 3.74. The molecule has 0 heterocycles. The minimum atomic E-state index is -2.77. The zero-order valence-electron chi connectivity index (χ0n) is 4.47. The van der Waals surface area contributed by atoms with E-state index in [9.17, 15) is 8.78 Å². The average Bonchev–Trinajstić information content (AvgIpc) is 1.61.